The highest BCUT2D eigenvalue weighted by Gasteiger charge is 2.16. The van der Waals surface area contributed by atoms with Crippen LogP contribution in [0.25, 0.3) is 22.3 Å². The molecule has 0 saturated heterocycles. The van der Waals surface area contributed by atoms with Gasteiger partial charge in [0.25, 0.3) is 11.8 Å². The lowest BCUT2D eigenvalue weighted by Crippen LogP contribution is -2.15. The van der Waals surface area contributed by atoms with Gasteiger partial charge < -0.3 is 10.6 Å². The highest BCUT2D eigenvalue weighted by atomic mass is 16.2. The number of nitrogens with one attached hydrogen (secondary N) is 2. The van der Waals surface area contributed by atoms with Crippen molar-refractivity contribution in [3.63, 3.8) is 0 Å². The van der Waals surface area contributed by atoms with E-state index in [1.165, 1.54) is 41.5 Å². The summed E-state index contributed by atoms with van der Waals surface area (Å²) >= 11 is 0. The first-order valence-electron chi connectivity index (χ1n) is 18.8. The number of anilines is 2. The molecule has 0 saturated carbocycles. The molecular weight excluding hydrogens is 649 g/mol. The van der Waals surface area contributed by atoms with Gasteiger partial charge in [-0.05, 0) is 167 Å². The maximum absolute atomic E-state index is 13.6. The lowest BCUT2D eigenvalue weighted by molar-refractivity contribution is 0.101. The molecule has 2 N–H and O–H groups in total. The Bertz CT molecular complexity index is 2140. The monoisotopic (exact) mass is 702 g/mol. The van der Waals surface area contributed by atoms with E-state index in [1.807, 2.05) is 88.4 Å². The normalized spacial score (nSPS) is 11.5. The molecule has 2 amide bonds. The van der Waals surface area contributed by atoms with Gasteiger partial charge in [-0.2, -0.15) is 0 Å². The first-order chi connectivity index (χ1) is 25.4. The van der Waals surface area contributed by atoms with Crippen molar-refractivity contribution in [1.82, 2.24) is 0 Å². The molecule has 0 atom stereocenters. The summed E-state index contributed by atoms with van der Waals surface area (Å²) in [5.74, 6) is -0.254. The number of benzene rings is 5. The number of allylic oxidation sites excluding steroid dienone is 3. The number of hydrogen-bond donors (Lipinski definition) is 2. The van der Waals surface area contributed by atoms with Crippen LogP contribution in [0.1, 0.15) is 99.2 Å². The number of aryl methyl sites for hydroxylation is 7. The molecular formula is C49H54N2O2. The fourth-order valence-corrected chi connectivity index (χ4v) is 7.03. The van der Waals surface area contributed by atoms with Gasteiger partial charge in [-0.1, -0.05) is 97.0 Å². The lowest BCUT2D eigenvalue weighted by atomic mass is 9.95. The molecule has 0 bridgehead atoms. The second kappa shape index (κ2) is 17.4. The summed E-state index contributed by atoms with van der Waals surface area (Å²) in [5.41, 5.74) is 17.3. The van der Waals surface area contributed by atoms with Gasteiger partial charge in [0.15, 0.2) is 0 Å². The Morgan fingerprint density at radius 3 is 1.51 bits per heavy atom. The van der Waals surface area contributed by atoms with Crippen LogP contribution in [0.3, 0.4) is 0 Å². The standard InChI is InChI=1S/C49H54N2O2/c1-10-31(2)32(3)15-12-11-13-18-39-19-21-40(22-20-39)43-29-37(8)47(38(9)30-43)51-49(53)45-26-24-42(28-36(45)7)41-23-25-44(35(6)27-41)48(52)50-46-33(4)16-14-17-34(46)5/h10,14,16-17,19-30H,1,11-13,15,18H2,2-9H3,(H,50,52)(H,51,53)/b32-31+. The number of unbranched alkanes of at least 4 members (excludes halogenated alkanes) is 2. The van der Waals surface area contributed by atoms with Crippen molar-refractivity contribution >= 4 is 23.2 Å². The highest BCUT2D eigenvalue weighted by Crippen LogP contribution is 2.31. The van der Waals surface area contributed by atoms with Crippen LogP contribution in [0.4, 0.5) is 11.4 Å². The topological polar surface area (TPSA) is 58.2 Å². The van der Waals surface area contributed by atoms with Gasteiger partial charge in [0.05, 0.1) is 0 Å². The lowest BCUT2D eigenvalue weighted by Gasteiger charge is -2.16. The molecule has 0 unspecified atom stereocenters. The molecule has 5 aromatic rings. The number of hydrogen-bond acceptors (Lipinski definition) is 2. The second-order valence-corrected chi connectivity index (χ2v) is 14.6. The fourth-order valence-electron chi connectivity index (χ4n) is 7.03. The smallest absolute Gasteiger partial charge is 0.255 e. The van der Waals surface area contributed by atoms with Crippen molar-refractivity contribution in [3.05, 3.63) is 165 Å². The van der Waals surface area contributed by atoms with E-state index in [2.05, 4.69) is 81.3 Å². The molecule has 0 aliphatic heterocycles. The first kappa shape index (κ1) is 38.7. The Hall–Kier alpha value is -5.48. The summed E-state index contributed by atoms with van der Waals surface area (Å²) in [6.07, 6.45) is 7.82. The molecule has 272 valence electrons. The summed E-state index contributed by atoms with van der Waals surface area (Å²) < 4.78 is 0. The minimum Gasteiger partial charge on any atom is -0.321 e. The third kappa shape index (κ3) is 9.50. The van der Waals surface area contributed by atoms with E-state index in [4.69, 9.17) is 0 Å². The molecule has 0 fully saturated rings. The molecule has 5 rings (SSSR count). The largest absolute Gasteiger partial charge is 0.321 e. The van der Waals surface area contributed by atoms with E-state index in [9.17, 15) is 9.59 Å². The zero-order valence-electron chi connectivity index (χ0n) is 32.8. The van der Waals surface area contributed by atoms with Gasteiger partial charge >= 0.3 is 0 Å². The van der Waals surface area contributed by atoms with E-state index in [-0.39, 0.29) is 11.8 Å². The second-order valence-electron chi connectivity index (χ2n) is 14.6. The zero-order chi connectivity index (χ0) is 38.2. The Kier molecular flexibility index (Phi) is 12.7. The maximum atomic E-state index is 13.6. The van der Waals surface area contributed by atoms with Crippen molar-refractivity contribution in [1.29, 1.82) is 0 Å². The Morgan fingerprint density at radius 2 is 1.02 bits per heavy atom. The summed E-state index contributed by atoms with van der Waals surface area (Å²) in [7, 11) is 0. The highest BCUT2D eigenvalue weighted by molar-refractivity contribution is 6.07. The third-order valence-corrected chi connectivity index (χ3v) is 10.6. The van der Waals surface area contributed by atoms with Crippen LogP contribution in [0, 0.1) is 41.5 Å². The van der Waals surface area contributed by atoms with Crippen molar-refractivity contribution in [2.75, 3.05) is 10.6 Å². The Morgan fingerprint density at radius 1 is 0.547 bits per heavy atom. The fraction of sp³-hybridized carbons (Fsp3) is 0.265. The summed E-state index contributed by atoms with van der Waals surface area (Å²) in [5, 5.41) is 6.29. The van der Waals surface area contributed by atoms with E-state index >= 15 is 0 Å². The first-order valence-corrected chi connectivity index (χ1v) is 18.8. The number of amides is 2. The minimum atomic E-state index is -0.130. The van der Waals surface area contributed by atoms with Crippen LogP contribution < -0.4 is 10.6 Å². The molecule has 0 aliphatic carbocycles. The predicted molar refractivity (Wildman–Crippen MR) is 225 cm³/mol. The molecule has 0 spiro atoms. The van der Waals surface area contributed by atoms with Gasteiger partial charge in [-0.15, -0.1) is 0 Å². The van der Waals surface area contributed by atoms with Crippen LogP contribution >= 0.6 is 0 Å². The summed E-state index contributed by atoms with van der Waals surface area (Å²) in [6, 6.07) is 31.0. The minimum absolute atomic E-state index is 0.124. The van der Waals surface area contributed by atoms with E-state index in [1.54, 1.807) is 0 Å². The number of carbonyl (C=O) groups excluding carboxylic acids is 2. The third-order valence-electron chi connectivity index (χ3n) is 10.6. The van der Waals surface area contributed by atoms with Crippen LogP contribution in [0.15, 0.2) is 115 Å². The Labute approximate surface area is 317 Å². The average molecular weight is 703 g/mol. The van der Waals surface area contributed by atoms with E-state index in [0.717, 1.165) is 74.3 Å². The van der Waals surface area contributed by atoms with Crippen LogP contribution in [-0.4, -0.2) is 11.8 Å². The molecule has 0 radical (unpaired) electrons. The van der Waals surface area contributed by atoms with Gasteiger partial charge in [0, 0.05) is 22.5 Å². The number of carbonyl (C=O) groups is 2. The van der Waals surface area contributed by atoms with Crippen molar-refractivity contribution in [2.45, 2.75) is 87.5 Å². The molecule has 0 aliphatic rings. The zero-order valence-corrected chi connectivity index (χ0v) is 32.8. The predicted octanol–water partition coefficient (Wildman–Crippen LogP) is 13.0. The SMILES string of the molecule is C=C/C(C)=C(\C)CCCCCc1ccc(-c2cc(C)c(NC(=O)c3ccc(-c4ccc(C(=O)Nc5c(C)cccc5C)c(C)c4)cc3C)c(C)c2)cc1. The molecule has 0 heterocycles. The van der Waals surface area contributed by atoms with Gasteiger partial charge in [0.1, 0.15) is 0 Å². The van der Waals surface area contributed by atoms with E-state index < -0.39 is 0 Å². The number of para-hydroxylation sites is 1. The molecule has 4 nitrogen and oxygen atoms in total. The summed E-state index contributed by atoms with van der Waals surface area (Å²) in [4.78, 5) is 26.8. The van der Waals surface area contributed by atoms with Crippen LogP contribution in [-0.2, 0) is 6.42 Å². The molecule has 53 heavy (non-hydrogen) atoms. The molecule has 4 heteroatoms. The van der Waals surface area contributed by atoms with Gasteiger partial charge in [0.2, 0.25) is 0 Å². The number of rotatable bonds is 13. The van der Waals surface area contributed by atoms with E-state index in [0.29, 0.717) is 11.1 Å². The summed E-state index contributed by atoms with van der Waals surface area (Å²) in [6.45, 7) is 20.3. The van der Waals surface area contributed by atoms with Crippen molar-refractivity contribution in [3.8, 4) is 22.3 Å². The Balaban J connectivity index is 1.21. The quantitative estimate of drug-likeness (QED) is 0.0948. The maximum Gasteiger partial charge on any atom is 0.255 e. The van der Waals surface area contributed by atoms with Gasteiger partial charge in [-0.25, -0.2) is 0 Å². The average Bonchev–Trinajstić information content (AvgIpc) is 3.14. The molecule has 5 aromatic carbocycles. The van der Waals surface area contributed by atoms with Crippen LogP contribution in [0.2, 0.25) is 0 Å². The van der Waals surface area contributed by atoms with Crippen LogP contribution in [0.5, 0.6) is 0 Å². The van der Waals surface area contributed by atoms with Crippen molar-refractivity contribution in [2.24, 2.45) is 0 Å². The van der Waals surface area contributed by atoms with Gasteiger partial charge in [-0.3, -0.25) is 9.59 Å². The molecule has 0 aromatic heterocycles. The van der Waals surface area contributed by atoms with Crippen molar-refractivity contribution < 1.29 is 9.59 Å².